The number of fused-ring (bicyclic) bond motifs is 1. The van der Waals surface area contributed by atoms with Gasteiger partial charge in [0.15, 0.2) is 0 Å². The van der Waals surface area contributed by atoms with Crippen molar-refractivity contribution in [3.63, 3.8) is 0 Å². The normalized spacial score (nSPS) is 10.0. The summed E-state index contributed by atoms with van der Waals surface area (Å²) in [7, 11) is 0. The van der Waals surface area contributed by atoms with Gasteiger partial charge >= 0.3 is 0 Å². The van der Waals surface area contributed by atoms with Crippen LogP contribution in [0.5, 0.6) is 0 Å². The van der Waals surface area contributed by atoms with Crippen molar-refractivity contribution in [3.8, 4) is 0 Å². The topological polar surface area (TPSA) is 42.9 Å². The first kappa shape index (κ1) is 6.91. The summed E-state index contributed by atoms with van der Waals surface area (Å²) >= 11 is 0. The van der Waals surface area contributed by atoms with E-state index in [-0.39, 0.29) is 0 Å². The lowest BCUT2D eigenvalue weighted by Gasteiger charge is -1.94. The number of carbonyl (C=O) groups excluding carboxylic acids is 1. The second-order valence-electron chi connectivity index (χ2n) is 2.40. The molecule has 0 amide bonds. The average Bonchev–Trinajstić information content (AvgIpc) is 2.17. The molecule has 1 heterocycles. The van der Waals surface area contributed by atoms with Gasteiger partial charge in [-0.3, -0.25) is 4.79 Å². The van der Waals surface area contributed by atoms with Crippen LogP contribution in [0.15, 0.2) is 30.7 Å². The Bertz CT molecular complexity index is 426. The first-order chi connectivity index (χ1) is 5.90. The van der Waals surface area contributed by atoms with E-state index in [1.54, 1.807) is 24.4 Å². The molecule has 2 rings (SSSR count). The van der Waals surface area contributed by atoms with E-state index in [0.717, 1.165) is 10.9 Å². The summed E-state index contributed by atoms with van der Waals surface area (Å²) in [4.78, 5) is 18.1. The predicted molar refractivity (Wildman–Crippen MR) is 44.3 cm³/mol. The first-order valence-electron chi connectivity index (χ1n) is 3.48. The summed E-state index contributed by atoms with van der Waals surface area (Å²) in [5.74, 6) is 0. The van der Waals surface area contributed by atoms with Gasteiger partial charge in [0.2, 0.25) is 6.29 Å². The van der Waals surface area contributed by atoms with Crippen molar-refractivity contribution in [2.24, 2.45) is 0 Å². The minimum Gasteiger partial charge on any atom is -0.285 e. The molecule has 2 aromatic rings. The summed E-state index contributed by atoms with van der Waals surface area (Å²) in [6, 6.07) is 5.17. The van der Waals surface area contributed by atoms with Gasteiger partial charge in [0, 0.05) is 17.1 Å². The highest BCUT2D eigenvalue weighted by Gasteiger charge is 1.95. The Labute approximate surface area is 69.1 Å². The summed E-state index contributed by atoms with van der Waals surface area (Å²) in [6.07, 6.45) is 4.96. The monoisotopic (exact) mass is 157 g/mol. The molecule has 0 aliphatic carbocycles. The molecule has 0 atom stereocenters. The van der Waals surface area contributed by atoms with Crippen molar-refractivity contribution in [1.29, 1.82) is 0 Å². The van der Waals surface area contributed by atoms with Gasteiger partial charge in [-0.25, -0.2) is 9.97 Å². The maximum Gasteiger partial charge on any atom is 0.233 e. The maximum absolute atomic E-state index is 10.3. The highest BCUT2D eigenvalue weighted by Crippen LogP contribution is 2.10. The molecule has 3 heteroatoms. The van der Waals surface area contributed by atoms with E-state index in [1.807, 2.05) is 6.29 Å². The number of nitrogens with zero attached hydrogens (tertiary/aromatic N) is 2. The maximum atomic E-state index is 10.3. The Morgan fingerprint density at radius 3 is 3.08 bits per heavy atom. The molecule has 0 N–H and O–H groups in total. The van der Waals surface area contributed by atoms with Crippen LogP contribution >= 0.6 is 0 Å². The molecule has 0 fully saturated rings. The third-order valence-corrected chi connectivity index (χ3v) is 1.62. The van der Waals surface area contributed by atoms with E-state index in [0.29, 0.717) is 5.56 Å². The zero-order chi connectivity index (χ0) is 8.39. The van der Waals surface area contributed by atoms with Gasteiger partial charge in [-0.1, -0.05) is 0 Å². The SMILES string of the molecule is O=[C]c1ccc2ncncc2c1. The average molecular weight is 157 g/mol. The van der Waals surface area contributed by atoms with Gasteiger partial charge in [0.1, 0.15) is 6.33 Å². The zero-order valence-corrected chi connectivity index (χ0v) is 6.19. The molecule has 57 valence electrons. The van der Waals surface area contributed by atoms with E-state index >= 15 is 0 Å². The Hall–Kier alpha value is -1.77. The van der Waals surface area contributed by atoms with Crippen molar-refractivity contribution in [2.75, 3.05) is 0 Å². The van der Waals surface area contributed by atoms with Crippen LogP contribution in [0, 0.1) is 0 Å². The zero-order valence-electron chi connectivity index (χ0n) is 6.19. The number of aromatic nitrogens is 2. The van der Waals surface area contributed by atoms with Crippen molar-refractivity contribution >= 4 is 17.2 Å². The fraction of sp³-hybridized carbons (Fsp3) is 0. The smallest absolute Gasteiger partial charge is 0.233 e. The molecule has 1 aromatic carbocycles. The molecule has 1 aromatic heterocycles. The van der Waals surface area contributed by atoms with Crippen LogP contribution in [0.25, 0.3) is 10.9 Å². The fourth-order valence-corrected chi connectivity index (χ4v) is 1.05. The Kier molecular flexibility index (Phi) is 1.55. The standard InChI is InChI=1S/C9H5N2O/c12-5-7-1-2-9-8(3-7)4-10-6-11-9/h1-4,6H. The first-order valence-corrected chi connectivity index (χ1v) is 3.48. The molecule has 0 unspecified atom stereocenters. The Morgan fingerprint density at radius 2 is 2.25 bits per heavy atom. The van der Waals surface area contributed by atoms with E-state index in [1.165, 1.54) is 6.33 Å². The van der Waals surface area contributed by atoms with E-state index in [2.05, 4.69) is 9.97 Å². The summed E-state index contributed by atoms with van der Waals surface area (Å²) in [5.41, 5.74) is 1.36. The van der Waals surface area contributed by atoms with Crippen LogP contribution in [0.4, 0.5) is 0 Å². The molecule has 1 radical (unpaired) electrons. The molecule has 0 spiro atoms. The van der Waals surface area contributed by atoms with Crippen LogP contribution < -0.4 is 0 Å². The number of hydrogen-bond donors (Lipinski definition) is 0. The highest BCUT2D eigenvalue weighted by atomic mass is 16.1. The molecular weight excluding hydrogens is 152 g/mol. The van der Waals surface area contributed by atoms with Gasteiger partial charge in [0.05, 0.1) is 5.52 Å². The van der Waals surface area contributed by atoms with Crippen LogP contribution in [-0.2, 0) is 4.79 Å². The molecule has 0 saturated heterocycles. The second kappa shape index (κ2) is 2.70. The molecule has 3 nitrogen and oxygen atoms in total. The van der Waals surface area contributed by atoms with Gasteiger partial charge in [-0.05, 0) is 18.2 Å². The fourth-order valence-electron chi connectivity index (χ4n) is 1.05. The lowest BCUT2D eigenvalue weighted by Crippen LogP contribution is -1.83. The molecule has 0 bridgehead atoms. The van der Waals surface area contributed by atoms with E-state index in [9.17, 15) is 4.79 Å². The van der Waals surface area contributed by atoms with Crippen LogP contribution in [0.2, 0.25) is 0 Å². The van der Waals surface area contributed by atoms with Crippen molar-refractivity contribution in [1.82, 2.24) is 9.97 Å². The second-order valence-corrected chi connectivity index (χ2v) is 2.40. The number of rotatable bonds is 1. The third kappa shape index (κ3) is 1.05. The quantitative estimate of drug-likeness (QED) is 0.622. The van der Waals surface area contributed by atoms with E-state index < -0.39 is 0 Å². The summed E-state index contributed by atoms with van der Waals surface area (Å²) in [5, 5.41) is 0.860. The minimum atomic E-state index is 0.525. The van der Waals surface area contributed by atoms with E-state index in [4.69, 9.17) is 0 Å². The van der Waals surface area contributed by atoms with Crippen molar-refractivity contribution in [3.05, 3.63) is 36.3 Å². The van der Waals surface area contributed by atoms with Gasteiger partial charge in [-0.2, -0.15) is 0 Å². The molecular formula is C9H5N2O. The van der Waals surface area contributed by atoms with Crippen molar-refractivity contribution in [2.45, 2.75) is 0 Å². The van der Waals surface area contributed by atoms with Gasteiger partial charge < -0.3 is 0 Å². The highest BCUT2D eigenvalue weighted by molar-refractivity contribution is 5.86. The molecule has 0 saturated carbocycles. The predicted octanol–water partition coefficient (Wildman–Crippen LogP) is 1.09. The Morgan fingerprint density at radius 1 is 1.33 bits per heavy atom. The number of benzene rings is 1. The molecule has 0 aliphatic rings. The van der Waals surface area contributed by atoms with Crippen molar-refractivity contribution < 1.29 is 4.79 Å². The summed E-state index contributed by atoms with van der Waals surface area (Å²) in [6.45, 7) is 0. The van der Waals surface area contributed by atoms with Crippen LogP contribution in [0.1, 0.15) is 5.56 Å². The van der Waals surface area contributed by atoms with Gasteiger partial charge in [-0.15, -0.1) is 0 Å². The molecule has 12 heavy (non-hydrogen) atoms. The molecule has 0 aliphatic heterocycles. The lowest BCUT2D eigenvalue weighted by molar-refractivity contribution is 0.563. The largest absolute Gasteiger partial charge is 0.285 e. The van der Waals surface area contributed by atoms with Crippen LogP contribution in [0.3, 0.4) is 0 Å². The lowest BCUT2D eigenvalue weighted by atomic mass is 10.2. The van der Waals surface area contributed by atoms with Gasteiger partial charge in [0.25, 0.3) is 0 Å². The minimum absolute atomic E-state index is 0.525. The van der Waals surface area contributed by atoms with Crippen LogP contribution in [-0.4, -0.2) is 16.3 Å². The number of hydrogen-bond acceptors (Lipinski definition) is 3. The summed E-state index contributed by atoms with van der Waals surface area (Å²) < 4.78 is 0. The Balaban J connectivity index is 2.75. The third-order valence-electron chi connectivity index (χ3n) is 1.62.